The Hall–Kier alpha value is -1.17. The van der Waals surface area contributed by atoms with Crippen LogP contribution in [0.3, 0.4) is 0 Å². The summed E-state index contributed by atoms with van der Waals surface area (Å²) in [4.78, 5) is 2.26. The van der Waals surface area contributed by atoms with E-state index in [-0.39, 0.29) is 0 Å². The number of benzene rings is 1. The minimum atomic E-state index is -3.29. The molecule has 0 N–H and O–H groups in total. The monoisotopic (exact) mass is 280 g/mol. The lowest BCUT2D eigenvalue weighted by molar-refractivity contribution is 0.197. The van der Waals surface area contributed by atoms with Crippen LogP contribution in [0.2, 0.25) is 0 Å². The fourth-order valence-electron chi connectivity index (χ4n) is 2.11. The first kappa shape index (κ1) is 14.2. The zero-order valence-corrected chi connectivity index (χ0v) is 12.0. The van der Waals surface area contributed by atoms with Gasteiger partial charge in [0.25, 0.3) is 0 Å². The lowest BCUT2D eigenvalue weighted by atomic mass is 10.2. The lowest BCUT2D eigenvalue weighted by Gasteiger charge is -2.32. The van der Waals surface area contributed by atoms with Crippen molar-refractivity contribution >= 4 is 16.1 Å². The molecule has 0 atom stereocenters. The number of rotatable bonds is 4. The third-order valence-electron chi connectivity index (χ3n) is 3.37. The number of sulfonamides is 1. The number of hydrogen-bond acceptors (Lipinski definition) is 3. The molecule has 2 rings (SSSR count). The van der Waals surface area contributed by atoms with Gasteiger partial charge in [0, 0.05) is 31.6 Å². The second kappa shape index (κ2) is 6.32. The third kappa shape index (κ3) is 3.89. The van der Waals surface area contributed by atoms with Crippen LogP contribution >= 0.6 is 0 Å². The molecule has 4 nitrogen and oxygen atoms in total. The van der Waals surface area contributed by atoms with E-state index in [1.165, 1.54) is 5.41 Å². The van der Waals surface area contributed by atoms with Crippen LogP contribution in [0, 0.1) is 0 Å². The van der Waals surface area contributed by atoms with Gasteiger partial charge in [-0.2, -0.15) is 4.31 Å². The van der Waals surface area contributed by atoms with E-state index in [1.807, 2.05) is 30.3 Å². The van der Waals surface area contributed by atoms with Gasteiger partial charge in [-0.1, -0.05) is 37.3 Å². The van der Waals surface area contributed by atoms with Gasteiger partial charge in [0.1, 0.15) is 0 Å². The SMILES string of the molecule is CCN1CCN(S(=O)(=O)/C=C/c2ccccc2)CC1. The largest absolute Gasteiger partial charge is 0.301 e. The molecule has 0 spiro atoms. The maximum absolute atomic E-state index is 12.2. The summed E-state index contributed by atoms with van der Waals surface area (Å²) < 4.78 is 25.9. The molecule has 19 heavy (non-hydrogen) atoms. The van der Waals surface area contributed by atoms with E-state index in [9.17, 15) is 8.42 Å². The van der Waals surface area contributed by atoms with Gasteiger partial charge in [0.15, 0.2) is 0 Å². The Kier molecular flexibility index (Phi) is 4.74. The molecule has 0 amide bonds. The topological polar surface area (TPSA) is 40.6 Å². The van der Waals surface area contributed by atoms with Crippen LogP contribution in [-0.2, 0) is 10.0 Å². The molecule has 1 aliphatic rings. The summed E-state index contributed by atoms with van der Waals surface area (Å²) in [5, 5.41) is 1.31. The van der Waals surface area contributed by atoms with Crippen LogP contribution in [0.25, 0.3) is 6.08 Å². The molecule has 0 saturated carbocycles. The van der Waals surface area contributed by atoms with Gasteiger partial charge in [-0.05, 0) is 18.2 Å². The fraction of sp³-hybridized carbons (Fsp3) is 0.429. The Bertz CT molecular complexity index is 518. The minimum absolute atomic E-state index is 0.579. The highest BCUT2D eigenvalue weighted by Gasteiger charge is 2.23. The van der Waals surface area contributed by atoms with E-state index >= 15 is 0 Å². The molecule has 1 aromatic rings. The van der Waals surface area contributed by atoms with Crippen molar-refractivity contribution in [2.24, 2.45) is 0 Å². The highest BCUT2D eigenvalue weighted by atomic mass is 32.2. The Labute approximate surface area is 115 Å². The summed E-state index contributed by atoms with van der Waals surface area (Å²) in [5.41, 5.74) is 0.901. The summed E-state index contributed by atoms with van der Waals surface area (Å²) in [7, 11) is -3.29. The van der Waals surface area contributed by atoms with Crippen molar-refractivity contribution in [1.29, 1.82) is 0 Å². The van der Waals surface area contributed by atoms with Gasteiger partial charge in [0.05, 0.1) is 0 Å². The van der Waals surface area contributed by atoms with Crippen molar-refractivity contribution in [3.8, 4) is 0 Å². The molecule has 0 aromatic heterocycles. The van der Waals surface area contributed by atoms with Crippen molar-refractivity contribution in [1.82, 2.24) is 9.21 Å². The Balaban J connectivity index is 2.01. The molecule has 1 aliphatic heterocycles. The van der Waals surface area contributed by atoms with Crippen molar-refractivity contribution in [3.63, 3.8) is 0 Å². The Morgan fingerprint density at radius 3 is 2.32 bits per heavy atom. The third-order valence-corrected chi connectivity index (χ3v) is 4.94. The molecular formula is C14H20N2O2S. The van der Waals surface area contributed by atoms with E-state index < -0.39 is 10.0 Å². The second-order valence-electron chi connectivity index (χ2n) is 4.59. The number of likely N-dealkylation sites (N-methyl/N-ethyl adjacent to an activating group) is 1. The Morgan fingerprint density at radius 1 is 1.11 bits per heavy atom. The van der Waals surface area contributed by atoms with Gasteiger partial charge < -0.3 is 4.90 Å². The first-order valence-electron chi connectivity index (χ1n) is 6.57. The molecule has 0 radical (unpaired) electrons. The van der Waals surface area contributed by atoms with Crippen LogP contribution in [0.1, 0.15) is 12.5 Å². The number of piperazine rings is 1. The Morgan fingerprint density at radius 2 is 1.74 bits per heavy atom. The first-order valence-corrected chi connectivity index (χ1v) is 8.08. The first-order chi connectivity index (χ1) is 9.12. The molecule has 0 unspecified atom stereocenters. The van der Waals surface area contributed by atoms with Crippen LogP contribution in [0.15, 0.2) is 35.7 Å². The molecule has 1 fully saturated rings. The summed E-state index contributed by atoms with van der Waals surface area (Å²) in [6.07, 6.45) is 1.65. The van der Waals surface area contributed by atoms with E-state index in [1.54, 1.807) is 10.4 Å². The van der Waals surface area contributed by atoms with Gasteiger partial charge in [-0.15, -0.1) is 0 Å². The fourth-order valence-corrected chi connectivity index (χ4v) is 3.29. The predicted molar refractivity (Wildman–Crippen MR) is 78.1 cm³/mol. The van der Waals surface area contributed by atoms with E-state index in [4.69, 9.17) is 0 Å². The maximum Gasteiger partial charge on any atom is 0.236 e. The van der Waals surface area contributed by atoms with E-state index in [2.05, 4.69) is 11.8 Å². The molecular weight excluding hydrogens is 260 g/mol. The van der Waals surface area contributed by atoms with Crippen LogP contribution in [-0.4, -0.2) is 50.3 Å². The van der Waals surface area contributed by atoms with E-state index in [0.717, 1.165) is 25.2 Å². The van der Waals surface area contributed by atoms with Gasteiger partial charge in [-0.3, -0.25) is 0 Å². The molecule has 1 aromatic carbocycles. The van der Waals surface area contributed by atoms with Crippen LogP contribution in [0.4, 0.5) is 0 Å². The summed E-state index contributed by atoms with van der Waals surface area (Å²) in [6.45, 7) is 5.86. The smallest absolute Gasteiger partial charge is 0.236 e. The van der Waals surface area contributed by atoms with Gasteiger partial charge >= 0.3 is 0 Å². The summed E-state index contributed by atoms with van der Waals surface area (Å²) in [5.74, 6) is 0. The van der Waals surface area contributed by atoms with Crippen molar-refractivity contribution in [3.05, 3.63) is 41.3 Å². The zero-order chi connectivity index (χ0) is 13.7. The molecule has 5 heteroatoms. The predicted octanol–water partition coefficient (Wildman–Crippen LogP) is 1.62. The molecule has 1 saturated heterocycles. The quantitative estimate of drug-likeness (QED) is 0.841. The van der Waals surface area contributed by atoms with Gasteiger partial charge in [0.2, 0.25) is 10.0 Å². The van der Waals surface area contributed by atoms with Crippen molar-refractivity contribution < 1.29 is 8.42 Å². The zero-order valence-electron chi connectivity index (χ0n) is 11.2. The standard InChI is InChI=1S/C14H20N2O2S/c1-2-15-9-11-16(12-10-15)19(17,18)13-8-14-6-4-3-5-7-14/h3-8,13H,2,9-12H2,1H3/b13-8+. The molecule has 104 valence electrons. The summed E-state index contributed by atoms with van der Waals surface area (Å²) >= 11 is 0. The van der Waals surface area contributed by atoms with Crippen molar-refractivity contribution in [2.45, 2.75) is 6.92 Å². The summed E-state index contributed by atoms with van der Waals surface area (Å²) in [6, 6.07) is 9.48. The van der Waals surface area contributed by atoms with Crippen LogP contribution in [0.5, 0.6) is 0 Å². The molecule has 0 aliphatic carbocycles. The minimum Gasteiger partial charge on any atom is -0.301 e. The molecule has 0 bridgehead atoms. The van der Waals surface area contributed by atoms with Gasteiger partial charge in [-0.25, -0.2) is 8.42 Å². The average Bonchev–Trinajstić information content (AvgIpc) is 2.46. The number of nitrogens with zero attached hydrogens (tertiary/aromatic N) is 2. The highest BCUT2D eigenvalue weighted by Crippen LogP contribution is 2.11. The lowest BCUT2D eigenvalue weighted by Crippen LogP contribution is -2.47. The van der Waals surface area contributed by atoms with Crippen molar-refractivity contribution in [2.75, 3.05) is 32.7 Å². The molecule has 1 heterocycles. The highest BCUT2D eigenvalue weighted by molar-refractivity contribution is 7.92. The number of hydrogen-bond donors (Lipinski definition) is 0. The van der Waals surface area contributed by atoms with Crippen LogP contribution < -0.4 is 0 Å². The van der Waals surface area contributed by atoms with E-state index in [0.29, 0.717) is 13.1 Å². The second-order valence-corrected chi connectivity index (χ2v) is 6.41. The maximum atomic E-state index is 12.2. The normalized spacial score (nSPS) is 19.0. The average molecular weight is 280 g/mol.